The van der Waals surface area contributed by atoms with E-state index >= 15 is 0 Å². The summed E-state index contributed by atoms with van der Waals surface area (Å²) in [6.07, 6.45) is 1.01. The number of aliphatic hydroxyl groups is 1. The fourth-order valence-corrected chi connectivity index (χ4v) is 1.63. The van der Waals surface area contributed by atoms with Crippen LogP contribution in [0.2, 0.25) is 0 Å². The van der Waals surface area contributed by atoms with Crippen LogP contribution in [0, 0.1) is 5.41 Å². The van der Waals surface area contributed by atoms with Gasteiger partial charge in [0.2, 0.25) is 11.8 Å². The quantitative estimate of drug-likeness (QED) is 0.683. The summed E-state index contributed by atoms with van der Waals surface area (Å²) in [4.78, 5) is 25.2. The first-order chi connectivity index (χ1) is 8.70. The molecule has 0 heterocycles. The first-order valence-corrected chi connectivity index (χ1v) is 6.88. The Labute approximate surface area is 116 Å². The number of carbonyl (C=O) groups is 2. The summed E-state index contributed by atoms with van der Waals surface area (Å²) < 4.78 is 0. The zero-order valence-corrected chi connectivity index (χ0v) is 12.8. The molecule has 0 aliphatic heterocycles. The molecule has 0 aromatic rings. The first-order valence-electron chi connectivity index (χ1n) is 6.88. The van der Waals surface area contributed by atoms with E-state index in [4.69, 9.17) is 5.11 Å². The van der Waals surface area contributed by atoms with Gasteiger partial charge in [0.25, 0.3) is 0 Å². The molecule has 0 atom stereocenters. The number of nitrogens with one attached hydrogen (secondary N) is 1. The maximum atomic E-state index is 11.9. The van der Waals surface area contributed by atoms with Crippen LogP contribution < -0.4 is 5.32 Å². The summed E-state index contributed by atoms with van der Waals surface area (Å²) in [5.74, 6) is 0.0186. The molecule has 0 rings (SSSR count). The molecular weight excluding hydrogens is 244 g/mol. The average Bonchev–Trinajstić information content (AvgIpc) is 2.29. The van der Waals surface area contributed by atoms with Gasteiger partial charge in [-0.1, -0.05) is 20.8 Å². The lowest BCUT2D eigenvalue weighted by atomic mass is 9.96. The van der Waals surface area contributed by atoms with Gasteiger partial charge in [-0.2, -0.15) is 0 Å². The highest BCUT2D eigenvalue weighted by Crippen LogP contribution is 2.12. The van der Waals surface area contributed by atoms with Gasteiger partial charge in [-0.25, -0.2) is 0 Å². The SMILES string of the molecule is CC(C)N(CCO)C(=O)CCCNC(=O)C(C)(C)C. The van der Waals surface area contributed by atoms with E-state index in [-0.39, 0.29) is 24.5 Å². The van der Waals surface area contributed by atoms with Crippen LogP contribution in [-0.2, 0) is 9.59 Å². The van der Waals surface area contributed by atoms with Crippen LogP contribution in [0.3, 0.4) is 0 Å². The van der Waals surface area contributed by atoms with Crippen molar-refractivity contribution >= 4 is 11.8 Å². The van der Waals surface area contributed by atoms with Crippen molar-refractivity contribution in [1.82, 2.24) is 10.2 Å². The van der Waals surface area contributed by atoms with E-state index in [1.54, 1.807) is 4.90 Å². The van der Waals surface area contributed by atoms with E-state index in [0.29, 0.717) is 25.9 Å². The molecule has 5 heteroatoms. The number of hydrogen-bond donors (Lipinski definition) is 2. The minimum absolute atomic E-state index is 0.00368. The van der Waals surface area contributed by atoms with E-state index in [1.807, 2.05) is 34.6 Å². The third-order valence-electron chi connectivity index (χ3n) is 2.82. The van der Waals surface area contributed by atoms with Gasteiger partial charge in [-0.15, -0.1) is 0 Å². The summed E-state index contributed by atoms with van der Waals surface area (Å²) in [7, 11) is 0. The Morgan fingerprint density at radius 2 is 1.84 bits per heavy atom. The Morgan fingerprint density at radius 1 is 1.26 bits per heavy atom. The third-order valence-corrected chi connectivity index (χ3v) is 2.82. The minimum Gasteiger partial charge on any atom is -0.395 e. The van der Waals surface area contributed by atoms with Gasteiger partial charge >= 0.3 is 0 Å². The molecule has 0 saturated heterocycles. The van der Waals surface area contributed by atoms with Crippen LogP contribution in [0.5, 0.6) is 0 Å². The van der Waals surface area contributed by atoms with Crippen LogP contribution in [0.15, 0.2) is 0 Å². The van der Waals surface area contributed by atoms with E-state index in [0.717, 1.165) is 0 Å². The number of amides is 2. The van der Waals surface area contributed by atoms with E-state index in [9.17, 15) is 9.59 Å². The van der Waals surface area contributed by atoms with Crippen molar-refractivity contribution in [1.29, 1.82) is 0 Å². The van der Waals surface area contributed by atoms with Crippen LogP contribution in [0.1, 0.15) is 47.5 Å². The largest absolute Gasteiger partial charge is 0.395 e. The number of carbonyl (C=O) groups excluding carboxylic acids is 2. The van der Waals surface area contributed by atoms with E-state index in [2.05, 4.69) is 5.32 Å². The van der Waals surface area contributed by atoms with Gasteiger partial charge in [-0.3, -0.25) is 9.59 Å². The summed E-state index contributed by atoms with van der Waals surface area (Å²) in [5.41, 5.74) is -0.398. The molecule has 0 aromatic heterocycles. The number of aliphatic hydroxyl groups excluding tert-OH is 1. The lowest BCUT2D eigenvalue weighted by Crippen LogP contribution is -2.39. The van der Waals surface area contributed by atoms with Gasteiger partial charge < -0.3 is 15.3 Å². The van der Waals surface area contributed by atoms with Crippen LogP contribution in [0.25, 0.3) is 0 Å². The maximum absolute atomic E-state index is 11.9. The first kappa shape index (κ1) is 17.9. The lowest BCUT2D eigenvalue weighted by Gasteiger charge is -2.26. The minimum atomic E-state index is -0.398. The number of nitrogens with zero attached hydrogens (tertiary/aromatic N) is 1. The van der Waals surface area contributed by atoms with Gasteiger partial charge in [0, 0.05) is 31.0 Å². The fraction of sp³-hybridized carbons (Fsp3) is 0.857. The molecule has 0 aliphatic rings. The maximum Gasteiger partial charge on any atom is 0.225 e. The van der Waals surface area contributed by atoms with E-state index in [1.165, 1.54) is 0 Å². The van der Waals surface area contributed by atoms with Crippen molar-refractivity contribution in [2.45, 2.75) is 53.5 Å². The van der Waals surface area contributed by atoms with Crippen LogP contribution in [0.4, 0.5) is 0 Å². The number of rotatable bonds is 7. The molecular formula is C14H28N2O3. The monoisotopic (exact) mass is 272 g/mol. The van der Waals surface area contributed by atoms with Gasteiger partial charge in [0.05, 0.1) is 6.61 Å². The van der Waals surface area contributed by atoms with Crippen molar-refractivity contribution in [2.75, 3.05) is 19.7 Å². The Kier molecular flexibility index (Phi) is 7.68. The molecule has 0 fully saturated rings. The standard InChI is InChI=1S/C14H28N2O3/c1-11(2)16(9-10-17)12(18)7-6-8-15-13(19)14(3,4)5/h11,17H,6-10H2,1-5H3,(H,15,19). The summed E-state index contributed by atoms with van der Waals surface area (Å²) >= 11 is 0. The molecule has 2 amide bonds. The highest BCUT2D eigenvalue weighted by Gasteiger charge is 2.20. The van der Waals surface area contributed by atoms with Gasteiger partial charge in [0.1, 0.15) is 0 Å². The number of hydrogen-bond acceptors (Lipinski definition) is 3. The highest BCUT2D eigenvalue weighted by molar-refractivity contribution is 5.81. The van der Waals surface area contributed by atoms with Crippen molar-refractivity contribution in [3.05, 3.63) is 0 Å². The Hall–Kier alpha value is -1.10. The summed E-state index contributed by atoms with van der Waals surface area (Å²) in [6, 6.07) is 0.0869. The predicted molar refractivity (Wildman–Crippen MR) is 75.6 cm³/mol. The second-order valence-electron chi connectivity index (χ2n) is 6.01. The molecule has 19 heavy (non-hydrogen) atoms. The summed E-state index contributed by atoms with van der Waals surface area (Å²) in [5, 5.41) is 11.7. The molecule has 0 aliphatic carbocycles. The highest BCUT2D eigenvalue weighted by atomic mass is 16.3. The van der Waals surface area contributed by atoms with Crippen LogP contribution >= 0.6 is 0 Å². The van der Waals surface area contributed by atoms with Crippen molar-refractivity contribution in [3.63, 3.8) is 0 Å². The molecule has 112 valence electrons. The molecule has 0 spiro atoms. The molecule has 5 nitrogen and oxygen atoms in total. The second-order valence-corrected chi connectivity index (χ2v) is 6.01. The zero-order valence-electron chi connectivity index (χ0n) is 12.8. The summed E-state index contributed by atoms with van der Waals surface area (Å²) in [6.45, 7) is 10.3. The normalized spacial score (nSPS) is 11.5. The van der Waals surface area contributed by atoms with Crippen LogP contribution in [-0.4, -0.2) is 47.6 Å². The molecule has 0 aromatic carbocycles. The van der Waals surface area contributed by atoms with Crippen molar-refractivity contribution in [2.24, 2.45) is 5.41 Å². The van der Waals surface area contributed by atoms with E-state index < -0.39 is 5.41 Å². The Balaban J connectivity index is 4.00. The van der Waals surface area contributed by atoms with Gasteiger partial charge in [-0.05, 0) is 20.3 Å². The lowest BCUT2D eigenvalue weighted by molar-refractivity contribution is -0.134. The smallest absolute Gasteiger partial charge is 0.225 e. The molecule has 0 radical (unpaired) electrons. The topological polar surface area (TPSA) is 69.6 Å². The fourth-order valence-electron chi connectivity index (χ4n) is 1.63. The zero-order chi connectivity index (χ0) is 15.1. The van der Waals surface area contributed by atoms with Crippen molar-refractivity contribution < 1.29 is 14.7 Å². The average molecular weight is 272 g/mol. The molecule has 0 unspecified atom stereocenters. The Bertz CT molecular complexity index is 296. The molecule has 0 saturated carbocycles. The van der Waals surface area contributed by atoms with Crippen molar-refractivity contribution in [3.8, 4) is 0 Å². The Morgan fingerprint density at radius 3 is 2.26 bits per heavy atom. The third kappa shape index (κ3) is 7.15. The second kappa shape index (κ2) is 8.15. The molecule has 2 N–H and O–H groups in total. The predicted octanol–water partition coefficient (Wildman–Crippen LogP) is 1.16. The van der Waals surface area contributed by atoms with Gasteiger partial charge in [0.15, 0.2) is 0 Å². The molecule has 0 bridgehead atoms.